The Bertz CT molecular complexity index is 242. The average Bonchev–Trinajstić information content (AvgIpc) is 2.33. The molecule has 0 atom stereocenters. The first-order valence-electron chi connectivity index (χ1n) is 7.12. The first kappa shape index (κ1) is 16.1. The third-order valence-electron chi connectivity index (χ3n) is 2.93. The van der Waals surface area contributed by atoms with Crippen LogP contribution in [0.15, 0.2) is 29.4 Å². The Hall–Kier alpha value is -0.850. The van der Waals surface area contributed by atoms with Gasteiger partial charge in [-0.2, -0.15) is 0 Å². The van der Waals surface area contributed by atoms with Crippen LogP contribution in [-0.2, 0) is 0 Å². The molecule has 0 spiro atoms. The van der Waals surface area contributed by atoms with Gasteiger partial charge in [-0.05, 0) is 38.2 Å². The number of aliphatic imine (C=N–C) groups is 1. The van der Waals surface area contributed by atoms with Crippen LogP contribution in [0.3, 0.4) is 0 Å². The number of rotatable bonds is 9. The zero-order valence-electron chi connectivity index (χ0n) is 12.1. The van der Waals surface area contributed by atoms with E-state index in [1.807, 2.05) is 12.3 Å². The number of hydrogen-bond donors (Lipinski definition) is 0. The molecule has 0 saturated carbocycles. The summed E-state index contributed by atoms with van der Waals surface area (Å²) in [6, 6.07) is 0. The third-order valence-corrected chi connectivity index (χ3v) is 2.93. The second-order valence-corrected chi connectivity index (χ2v) is 4.60. The van der Waals surface area contributed by atoms with Gasteiger partial charge in [-0.1, -0.05) is 52.2 Å². The van der Waals surface area contributed by atoms with Crippen molar-refractivity contribution in [3.63, 3.8) is 0 Å². The van der Waals surface area contributed by atoms with Crippen molar-refractivity contribution in [1.29, 1.82) is 0 Å². The molecule has 0 aliphatic rings. The summed E-state index contributed by atoms with van der Waals surface area (Å²) in [5, 5.41) is 0. The van der Waals surface area contributed by atoms with E-state index in [1.165, 1.54) is 37.8 Å². The van der Waals surface area contributed by atoms with E-state index in [0.29, 0.717) is 5.92 Å². The van der Waals surface area contributed by atoms with Gasteiger partial charge in [-0.25, -0.2) is 0 Å². The minimum Gasteiger partial charge on any atom is -0.266 e. The lowest BCUT2D eigenvalue weighted by atomic mass is 9.94. The van der Waals surface area contributed by atoms with Gasteiger partial charge in [0.2, 0.25) is 0 Å². The fraction of sp³-hybridized carbons (Fsp3) is 0.688. The van der Waals surface area contributed by atoms with E-state index in [0.717, 1.165) is 6.42 Å². The van der Waals surface area contributed by atoms with Crippen molar-refractivity contribution in [1.82, 2.24) is 0 Å². The number of allylic oxidation sites excluding steroid dienone is 3. The number of hydrogen-bond acceptors (Lipinski definition) is 1. The van der Waals surface area contributed by atoms with Gasteiger partial charge in [0.1, 0.15) is 0 Å². The topological polar surface area (TPSA) is 12.4 Å². The van der Waals surface area contributed by atoms with Crippen LogP contribution in [0.5, 0.6) is 0 Å². The lowest BCUT2D eigenvalue weighted by Crippen LogP contribution is -2.10. The van der Waals surface area contributed by atoms with Gasteiger partial charge in [0, 0.05) is 11.9 Å². The molecule has 0 fully saturated rings. The highest BCUT2D eigenvalue weighted by Gasteiger charge is 2.08. The Morgan fingerprint density at radius 1 is 1.00 bits per heavy atom. The Morgan fingerprint density at radius 2 is 1.65 bits per heavy atom. The summed E-state index contributed by atoms with van der Waals surface area (Å²) in [7, 11) is 0. The molecule has 0 radical (unpaired) electrons. The summed E-state index contributed by atoms with van der Waals surface area (Å²) in [4.78, 5) is 4.54. The standard InChI is InChI=1S/C16H29N/c1-5-8-9-10-11-14-17-15(4)16(12-6-2)13-7-3/h9-11,14,16H,5-8,12-13H2,1-4H3/b10-9+,14-11-,17-15+. The number of nitrogens with zero attached hydrogens (tertiary/aromatic N) is 1. The van der Waals surface area contributed by atoms with Gasteiger partial charge in [0.25, 0.3) is 0 Å². The molecule has 1 nitrogen and oxygen atoms in total. The summed E-state index contributed by atoms with van der Waals surface area (Å²) < 4.78 is 0. The molecule has 0 unspecified atom stereocenters. The molecule has 0 aliphatic heterocycles. The average molecular weight is 235 g/mol. The summed E-state index contributed by atoms with van der Waals surface area (Å²) in [5.74, 6) is 0.675. The molecule has 0 N–H and O–H groups in total. The smallest absolute Gasteiger partial charge is 0.0267 e. The maximum Gasteiger partial charge on any atom is 0.0267 e. The van der Waals surface area contributed by atoms with E-state index in [4.69, 9.17) is 0 Å². The highest BCUT2D eigenvalue weighted by Crippen LogP contribution is 2.15. The van der Waals surface area contributed by atoms with Gasteiger partial charge in [-0.3, -0.25) is 4.99 Å². The van der Waals surface area contributed by atoms with E-state index >= 15 is 0 Å². The van der Waals surface area contributed by atoms with Crippen LogP contribution in [0.25, 0.3) is 0 Å². The fourth-order valence-electron chi connectivity index (χ4n) is 1.92. The first-order valence-corrected chi connectivity index (χ1v) is 7.12. The predicted octanol–water partition coefficient (Wildman–Crippen LogP) is 5.53. The minimum atomic E-state index is 0.675. The van der Waals surface area contributed by atoms with Crippen LogP contribution >= 0.6 is 0 Å². The SMILES string of the molecule is CCC/C=C/C=C\N=C(/C)C(CCC)CCC. The molecule has 0 aromatic heterocycles. The molecule has 17 heavy (non-hydrogen) atoms. The number of unbranched alkanes of at least 4 members (excludes halogenated alkanes) is 1. The fourth-order valence-corrected chi connectivity index (χ4v) is 1.92. The van der Waals surface area contributed by atoms with Crippen molar-refractivity contribution < 1.29 is 0 Å². The van der Waals surface area contributed by atoms with Crippen LogP contribution in [0, 0.1) is 5.92 Å². The molecule has 0 saturated heterocycles. The highest BCUT2D eigenvalue weighted by atomic mass is 14.7. The van der Waals surface area contributed by atoms with Crippen LogP contribution in [-0.4, -0.2) is 5.71 Å². The second-order valence-electron chi connectivity index (χ2n) is 4.60. The maximum absolute atomic E-state index is 4.54. The van der Waals surface area contributed by atoms with Crippen LogP contribution in [0.2, 0.25) is 0 Å². The molecule has 0 bridgehead atoms. The molecule has 0 amide bonds. The molecule has 0 aromatic rings. The Morgan fingerprint density at radius 3 is 2.18 bits per heavy atom. The Kier molecular flexibility index (Phi) is 11.0. The molecule has 0 rings (SSSR count). The molecular weight excluding hydrogens is 206 g/mol. The van der Waals surface area contributed by atoms with E-state index in [1.54, 1.807) is 0 Å². The van der Waals surface area contributed by atoms with Crippen LogP contribution in [0.1, 0.15) is 66.2 Å². The van der Waals surface area contributed by atoms with E-state index in [9.17, 15) is 0 Å². The lowest BCUT2D eigenvalue weighted by Gasteiger charge is -2.13. The molecule has 0 heterocycles. The summed E-state index contributed by atoms with van der Waals surface area (Å²) in [5.41, 5.74) is 1.29. The molecule has 98 valence electrons. The van der Waals surface area contributed by atoms with Gasteiger partial charge in [0.05, 0.1) is 0 Å². The quantitative estimate of drug-likeness (QED) is 0.368. The molecule has 1 heteroatoms. The largest absolute Gasteiger partial charge is 0.266 e. The van der Waals surface area contributed by atoms with E-state index in [-0.39, 0.29) is 0 Å². The van der Waals surface area contributed by atoms with Crippen LogP contribution in [0.4, 0.5) is 0 Å². The van der Waals surface area contributed by atoms with Gasteiger partial charge in [0.15, 0.2) is 0 Å². The Labute approximate surface area is 108 Å². The molecular formula is C16H29N. The van der Waals surface area contributed by atoms with E-state index < -0.39 is 0 Å². The second kappa shape index (κ2) is 11.6. The van der Waals surface area contributed by atoms with Gasteiger partial charge in [-0.15, -0.1) is 0 Å². The van der Waals surface area contributed by atoms with Crippen LogP contribution < -0.4 is 0 Å². The van der Waals surface area contributed by atoms with Crippen molar-refractivity contribution in [2.45, 2.75) is 66.2 Å². The summed E-state index contributed by atoms with van der Waals surface area (Å²) in [6.45, 7) is 8.85. The van der Waals surface area contributed by atoms with Crippen molar-refractivity contribution >= 4 is 5.71 Å². The van der Waals surface area contributed by atoms with Gasteiger partial charge < -0.3 is 0 Å². The van der Waals surface area contributed by atoms with E-state index in [2.05, 4.69) is 44.8 Å². The van der Waals surface area contributed by atoms with Crippen molar-refractivity contribution in [3.8, 4) is 0 Å². The minimum absolute atomic E-state index is 0.675. The zero-order valence-corrected chi connectivity index (χ0v) is 12.1. The highest BCUT2D eigenvalue weighted by molar-refractivity contribution is 5.84. The van der Waals surface area contributed by atoms with Crippen molar-refractivity contribution in [3.05, 3.63) is 24.4 Å². The molecule has 0 aliphatic carbocycles. The first-order chi connectivity index (χ1) is 8.26. The maximum atomic E-state index is 4.54. The van der Waals surface area contributed by atoms with Crippen molar-refractivity contribution in [2.24, 2.45) is 10.9 Å². The monoisotopic (exact) mass is 235 g/mol. The Balaban J connectivity index is 4.18. The molecule has 0 aromatic carbocycles. The summed E-state index contributed by atoms with van der Waals surface area (Å²) in [6.07, 6.45) is 15.6. The predicted molar refractivity (Wildman–Crippen MR) is 79.6 cm³/mol. The normalized spacial score (nSPS) is 13.4. The lowest BCUT2D eigenvalue weighted by molar-refractivity contribution is 0.557. The third kappa shape index (κ3) is 8.91. The van der Waals surface area contributed by atoms with Crippen molar-refractivity contribution in [2.75, 3.05) is 0 Å². The zero-order chi connectivity index (χ0) is 12.9. The van der Waals surface area contributed by atoms with Gasteiger partial charge >= 0.3 is 0 Å². The summed E-state index contributed by atoms with van der Waals surface area (Å²) >= 11 is 0.